The summed E-state index contributed by atoms with van der Waals surface area (Å²) in [6.45, 7) is 1.31. The second-order valence-electron chi connectivity index (χ2n) is 7.29. The molecule has 1 amide bonds. The molecule has 3 aromatic rings. The normalized spacial score (nSPS) is 11.2. The quantitative estimate of drug-likeness (QED) is 0.245. The summed E-state index contributed by atoms with van der Waals surface area (Å²) in [7, 11) is 1.45. The van der Waals surface area contributed by atoms with E-state index in [4.69, 9.17) is 14.2 Å². The Labute approximate surface area is 199 Å². The number of esters is 1. The molecule has 0 aliphatic heterocycles. The molecule has 0 radical (unpaired) electrons. The number of methoxy groups -OCH3 is 1. The monoisotopic (exact) mass is 485 g/mol. The van der Waals surface area contributed by atoms with E-state index < -0.39 is 23.6 Å². The number of anilines is 1. The fourth-order valence-electron chi connectivity index (χ4n) is 3.05. The first-order chi connectivity index (χ1) is 16.7. The van der Waals surface area contributed by atoms with Crippen LogP contribution in [0.4, 0.5) is 18.9 Å². The number of carbonyl (C=O) groups excluding carboxylic acids is 2. The van der Waals surface area contributed by atoms with Crippen LogP contribution in [0.3, 0.4) is 0 Å². The largest absolute Gasteiger partial charge is 0.493 e. The van der Waals surface area contributed by atoms with Gasteiger partial charge < -0.3 is 19.5 Å². The van der Waals surface area contributed by atoms with E-state index in [2.05, 4.69) is 5.32 Å². The number of hydrogen-bond donors (Lipinski definition) is 1. The third kappa shape index (κ3) is 7.36. The van der Waals surface area contributed by atoms with Gasteiger partial charge in [0.25, 0.3) is 0 Å². The van der Waals surface area contributed by atoms with Crippen molar-refractivity contribution in [2.24, 2.45) is 0 Å². The van der Waals surface area contributed by atoms with Crippen LogP contribution in [0.15, 0.2) is 72.8 Å². The standard InChI is InChI=1S/C26H22F3NO5/c1-17(31)35-24-15-18(7-13-23(24)33-2)8-14-25(32)30-22-6-4-3-5-19(22)16-34-21-11-9-20(10-12-21)26(27,28)29/h3-15H,16H2,1-2H3,(H,30,32)/b14-8+. The number of amides is 1. The minimum Gasteiger partial charge on any atom is -0.493 e. The van der Waals surface area contributed by atoms with E-state index in [9.17, 15) is 22.8 Å². The Morgan fingerprint density at radius 1 is 0.971 bits per heavy atom. The summed E-state index contributed by atoms with van der Waals surface area (Å²) >= 11 is 0. The van der Waals surface area contributed by atoms with Gasteiger partial charge in [-0.1, -0.05) is 24.3 Å². The second-order valence-corrected chi connectivity index (χ2v) is 7.29. The highest BCUT2D eigenvalue weighted by Gasteiger charge is 2.30. The average molecular weight is 485 g/mol. The van der Waals surface area contributed by atoms with Gasteiger partial charge in [-0.15, -0.1) is 0 Å². The van der Waals surface area contributed by atoms with Crippen molar-refractivity contribution in [2.45, 2.75) is 19.7 Å². The van der Waals surface area contributed by atoms with E-state index in [0.29, 0.717) is 22.6 Å². The van der Waals surface area contributed by atoms with Gasteiger partial charge in [-0.3, -0.25) is 9.59 Å². The lowest BCUT2D eigenvalue weighted by Gasteiger charge is -2.12. The van der Waals surface area contributed by atoms with E-state index in [0.717, 1.165) is 12.1 Å². The Balaban J connectivity index is 1.65. The van der Waals surface area contributed by atoms with Gasteiger partial charge in [-0.25, -0.2) is 0 Å². The molecule has 182 valence electrons. The minimum atomic E-state index is -4.42. The zero-order chi connectivity index (χ0) is 25.4. The van der Waals surface area contributed by atoms with E-state index in [1.165, 1.54) is 32.2 Å². The van der Waals surface area contributed by atoms with Gasteiger partial charge in [-0.05, 0) is 54.1 Å². The molecule has 9 heteroatoms. The summed E-state index contributed by atoms with van der Waals surface area (Å²) in [5, 5.41) is 2.75. The maximum atomic E-state index is 12.7. The smallest absolute Gasteiger partial charge is 0.416 e. The molecule has 1 N–H and O–H groups in total. The van der Waals surface area contributed by atoms with Crippen molar-refractivity contribution in [1.29, 1.82) is 0 Å². The van der Waals surface area contributed by atoms with Gasteiger partial charge in [0.15, 0.2) is 11.5 Å². The van der Waals surface area contributed by atoms with Crippen molar-refractivity contribution in [2.75, 3.05) is 12.4 Å². The van der Waals surface area contributed by atoms with E-state index in [1.54, 1.807) is 48.5 Å². The SMILES string of the molecule is COc1ccc(/C=C/C(=O)Nc2ccccc2COc2ccc(C(F)(F)F)cc2)cc1OC(C)=O. The van der Waals surface area contributed by atoms with Gasteiger partial charge in [-0.2, -0.15) is 13.2 Å². The van der Waals surface area contributed by atoms with Crippen LogP contribution in [0.5, 0.6) is 17.2 Å². The summed E-state index contributed by atoms with van der Waals surface area (Å²) in [5.41, 5.74) is 0.970. The molecule has 0 atom stereocenters. The summed E-state index contributed by atoms with van der Waals surface area (Å²) in [5.74, 6) is -0.0478. The van der Waals surface area contributed by atoms with E-state index in [-0.39, 0.29) is 18.1 Å². The van der Waals surface area contributed by atoms with Gasteiger partial charge in [0.1, 0.15) is 12.4 Å². The van der Waals surface area contributed by atoms with Crippen LogP contribution >= 0.6 is 0 Å². The molecule has 0 aromatic heterocycles. The van der Waals surface area contributed by atoms with Crippen LogP contribution in [0, 0.1) is 0 Å². The molecule has 0 aliphatic rings. The van der Waals surface area contributed by atoms with E-state index >= 15 is 0 Å². The Bertz CT molecular complexity index is 1220. The van der Waals surface area contributed by atoms with Gasteiger partial charge >= 0.3 is 12.1 Å². The number of ether oxygens (including phenoxy) is 3. The molecule has 0 saturated heterocycles. The predicted octanol–water partition coefficient (Wildman–Crippen LogP) is 5.87. The number of benzene rings is 3. The molecule has 0 saturated carbocycles. The lowest BCUT2D eigenvalue weighted by Crippen LogP contribution is -2.11. The topological polar surface area (TPSA) is 73.9 Å². The molecule has 6 nitrogen and oxygen atoms in total. The molecule has 35 heavy (non-hydrogen) atoms. The Hall–Kier alpha value is -4.27. The Morgan fingerprint density at radius 2 is 1.69 bits per heavy atom. The van der Waals surface area contributed by atoms with Crippen LogP contribution in [0.1, 0.15) is 23.6 Å². The highest BCUT2D eigenvalue weighted by Crippen LogP contribution is 2.31. The number of nitrogens with one attached hydrogen (secondary N) is 1. The van der Waals surface area contributed by atoms with Crippen molar-refractivity contribution in [3.05, 3.63) is 89.5 Å². The summed E-state index contributed by atoms with van der Waals surface area (Å²) in [6, 6.07) is 16.2. The van der Waals surface area contributed by atoms with Gasteiger partial charge in [0.05, 0.1) is 12.7 Å². The first kappa shape index (κ1) is 25.4. The number of carbonyl (C=O) groups is 2. The Morgan fingerprint density at radius 3 is 2.34 bits per heavy atom. The minimum absolute atomic E-state index is 0.0375. The molecule has 3 rings (SSSR count). The number of hydrogen-bond acceptors (Lipinski definition) is 5. The number of para-hydroxylation sites is 1. The van der Waals surface area contributed by atoms with Crippen LogP contribution < -0.4 is 19.5 Å². The van der Waals surface area contributed by atoms with Crippen molar-refractivity contribution in [3.8, 4) is 17.2 Å². The predicted molar refractivity (Wildman–Crippen MR) is 124 cm³/mol. The van der Waals surface area contributed by atoms with Crippen LogP contribution in [0.25, 0.3) is 6.08 Å². The third-order valence-corrected chi connectivity index (χ3v) is 4.72. The first-order valence-electron chi connectivity index (χ1n) is 10.4. The first-order valence-corrected chi connectivity index (χ1v) is 10.4. The molecule has 0 spiro atoms. The third-order valence-electron chi connectivity index (χ3n) is 4.72. The van der Waals surface area contributed by atoms with Crippen molar-refractivity contribution < 1.29 is 37.0 Å². The van der Waals surface area contributed by atoms with Crippen molar-refractivity contribution >= 4 is 23.6 Å². The highest BCUT2D eigenvalue weighted by molar-refractivity contribution is 6.02. The molecular formula is C26H22F3NO5. The molecule has 0 aliphatic carbocycles. The highest BCUT2D eigenvalue weighted by atomic mass is 19.4. The Kier molecular flexibility index (Phi) is 8.14. The maximum Gasteiger partial charge on any atom is 0.416 e. The molecular weight excluding hydrogens is 463 g/mol. The second kappa shape index (κ2) is 11.2. The van der Waals surface area contributed by atoms with Crippen LogP contribution in [-0.2, 0) is 22.4 Å². The number of rotatable bonds is 8. The average Bonchev–Trinajstić information content (AvgIpc) is 2.81. The fourth-order valence-corrected chi connectivity index (χ4v) is 3.05. The number of alkyl halides is 3. The zero-order valence-electron chi connectivity index (χ0n) is 18.9. The van der Waals surface area contributed by atoms with E-state index in [1.807, 2.05) is 0 Å². The summed E-state index contributed by atoms with van der Waals surface area (Å²) in [4.78, 5) is 23.8. The fraction of sp³-hybridized carbons (Fsp3) is 0.154. The molecule has 0 fully saturated rings. The molecule has 3 aromatic carbocycles. The maximum absolute atomic E-state index is 12.7. The summed E-state index contributed by atoms with van der Waals surface area (Å²) < 4.78 is 54.0. The lowest BCUT2D eigenvalue weighted by atomic mass is 10.1. The zero-order valence-corrected chi connectivity index (χ0v) is 18.9. The molecule has 0 heterocycles. The van der Waals surface area contributed by atoms with Gasteiger partial charge in [0, 0.05) is 24.3 Å². The molecule has 0 bridgehead atoms. The van der Waals surface area contributed by atoms with Crippen LogP contribution in [-0.4, -0.2) is 19.0 Å². The summed E-state index contributed by atoms with van der Waals surface area (Å²) in [6.07, 6.45) is -1.56. The number of halogens is 3. The van der Waals surface area contributed by atoms with Crippen molar-refractivity contribution in [1.82, 2.24) is 0 Å². The van der Waals surface area contributed by atoms with Gasteiger partial charge in [0.2, 0.25) is 5.91 Å². The lowest BCUT2D eigenvalue weighted by molar-refractivity contribution is -0.137. The van der Waals surface area contributed by atoms with Crippen LogP contribution in [0.2, 0.25) is 0 Å². The van der Waals surface area contributed by atoms with Crippen molar-refractivity contribution in [3.63, 3.8) is 0 Å². The molecule has 0 unspecified atom stereocenters.